The molecule has 14 nitrogen and oxygen atoms in total. The highest BCUT2D eigenvalue weighted by Crippen LogP contribution is 2.41. The van der Waals surface area contributed by atoms with Crippen LogP contribution in [0, 0.1) is 25.5 Å². The number of nitrogen functional groups attached to an aromatic ring is 1. The van der Waals surface area contributed by atoms with E-state index in [1.165, 1.54) is 17.8 Å². The first kappa shape index (κ1) is 51.3. The fraction of sp³-hybridized carbons (Fsp3) is 0.310. The van der Waals surface area contributed by atoms with E-state index in [-0.39, 0.29) is 11.6 Å². The Morgan fingerprint density at radius 2 is 0.973 bits per heavy atom. The molecule has 0 bridgehead atoms. The monoisotopic (exact) mass is 1030 g/mol. The molecule has 4 aromatic heterocycles. The molecule has 0 radical (unpaired) electrons. The van der Waals surface area contributed by atoms with Crippen molar-refractivity contribution in [3.05, 3.63) is 150 Å². The molecule has 4 aromatic carbocycles. The first-order chi connectivity index (χ1) is 36.7. The van der Waals surface area contributed by atoms with Gasteiger partial charge in [-0.05, 0) is 110 Å². The molecular weight excluding hydrogens is 974 g/mol. The van der Waals surface area contributed by atoms with Crippen molar-refractivity contribution in [1.82, 2.24) is 19.9 Å². The summed E-state index contributed by atoms with van der Waals surface area (Å²) < 4.78 is 51.1. The summed E-state index contributed by atoms with van der Waals surface area (Å²) in [6.45, 7) is 16.8. The molecule has 0 saturated carbocycles. The van der Waals surface area contributed by atoms with Crippen molar-refractivity contribution in [3.8, 4) is 22.5 Å². The van der Waals surface area contributed by atoms with Gasteiger partial charge in [-0.15, -0.1) is 0 Å². The number of hydrogen-bond donors (Lipinski definition) is 2. The van der Waals surface area contributed by atoms with E-state index in [1.807, 2.05) is 44.2 Å². The van der Waals surface area contributed by atoms with Crippen LogP contribution in [-0.4, -0.2) is 125 Å². The molecule has 0 aliphatic carbocycles. The van der Waals surface area contributed by atoms with Gasteiger partial charge in [0.2, 0.25) is 0 Å². The van der Waals surface area contributed by atoms with Gasteiger partial charge in [-0.3, -0.25) is 9.97 Å². The number of halogens is 3. The van der Waals surface area contributed by atoms with Gasteiger partial charge in [-0.1, -0.05) is 23.7 Å². The second-order valence-electron chi connectivity index (χ2n) is 18.6. The molecule has 4 fully saturated rings. The summed E-state index contributed by atoms with van der Waals surface area (Å²) in [7, 11) is 0. The summed E-state index contributed by atoms with van der Waals surface area (Å²) in [6, 6.07) is 30.3. The van der Waals surface area contributed by atoms with Crippen LogP contribution in [-0.2, 0) is 18.9 Å². The van der Waals surface area contributed by atoms with Crippen LogP contribution in [0.2, 0.25) is 5.02 Å². The van der Waals surface area contributed by atoms with Crippen molar-refractivity contribution in [2.24, 2.45) is 0 Å². The topological polar surface area (TPSA) is 139 Å². The Hall–Kier alpha value is -7.21. The zero-order chi connectivity index (χ0) is 51.7. The number of hydrogen-bond acceptors (Lipinski definition) is 14. The highest BCUT2D eigenvalue weighted by molar-refractivity contribution is 6.36. The predicted octanol–water partition coefficient (Wildman–Crippen LogP) is 10.5. The van der Waals surface area contributed by atoms with Crippen LogP contribution in [0.15, 0.2) is 122 Å². The average Bonchev–Trinajstić information content (AvgIpc) is 3.47. The van der Waals surface area contributed by atoms with Gasteiger partial charge in [0.15, 0.2) is 0 Å². The lowest BCUT2D eigenvalue weighted by atomic mass is 10.0. The van der Waals surface area contributed by atoms with Crippen LogP contribution in [0.1, 0.15) is 11.1 Å². The Labute approximate surface area is 441 Å². The van der Waals surface area contributed by atoms with Crippen molar-refractivity contribution < 1.29 is 27.7 Å². The van der Waals surface area contributed by atoms with Gasteiger partial charge in [0.1, 0.15) is 11.6 Å². The molecule has 4 saturated heterocycles. The summed E-state index contributed by atoms with van der Waals surface area (Å²) in [5.41, 5.74) is 19.3. The average molecular weight is 1040 g/mol. The van der Waals surface area contributed by atoms with Crippen LogP contribution < -0.4 is 30.7 Å². The number of nitrogens with one attached hydrogen (secondary N) is 1. The lowest BCUT2D eigenvalue weighted by molar-refractivity contribution is 0.122. The van der Waals surface area contributed by atoms with Gasteiger partial charge >= 0.3 is 0 Å². The van der Waals surface area contributed by atoms with Gasteiger partial charge in [0.05, 0.1) is 120 Å². The first-order valence-corrected chi connectivity index (χ1v) is 25.8. The molecule has 0 spiro atoms. The maximum atomic E-state index is 15.3. The molecule has 8 aromatic rings. The molecule has 0 unspecified atom stereocenters. The Morgan fingerprint density at radius 3 is 1.48 bits per heavy atom. The SMILES string of the molecule is Cc1c(-c2cccnc2)nc2cccc(F)c2c1Cl.Cc1c(-c2cccnc2)nc2cccc(F)c2c1Nc1cc(N2CCOCC2)ccc1N1CCOCC1.Nc1cc(N2CCOCC2)ccc1N1CCOCC1. The smallest absolute Gasteiger partial charge is 0.134 e. The Morgan fingerprint density at radius 1 is 0.520 bits per heavy atom. The van der Waals surface area contributed by atoms with Crippen molar-refractivity contribution in [1.29, 1.82) is 0 Å². The molecule has 17 heteroatoms. The number of fused-ring (bicyclic) bond motifs is 2. The molecule has 8 heterocycles. The maximum absolute atomic E-state index is 15.3. The van der Waals surface area contributed by atoms with E-state index in [1.54, 1.807) is 43.0 Å². The van der Waals surface area contributed by atoms with Crippen molar-refractivity contribution >= 4 is 73.2 Å². The highest BCUT2D eigenvalue weighted by Gasteiger charge is 2.23. The fourth-order valence-corrected chi connectivity index (χ4v) is 10.2. The summed E-state index contributed by atoms with van der Waals surface area (Å²) >= 11 is 6.29. The van der Waals surface area contributed by atoms with Gasteiger partial charge < -0.3 is 49.6 Å². The standard InChI is InChI=1S/C29H30FN5O2.C15H10ClFN2.C14H21N3O2/c1-20-28(21-4-3-9-31-19-21)32-24-6-2-5-23(30)27(24)29(20)33-25-18-22(34-10-14-36-15-11-34)7-8-26(25)35-12-16-37-17-13-35;1-9-14(16)13-11(17)5-2-6-12(13)19-15(9)10-4-3-7-18-8-10;15-13-11-12(16-3-7-18-8-4-16)1-2-14(13)17-5-9-19-10-6-17/h2-9,18-19H,10-17H2,1H3,(H,32,33);2-8H,1H3;1-2,11H,3-10,15H2. The molecule has 4 aliphatic rings. The molecule has 12 rings (SSSR count). The minimum atomic E-state index is -0.351. The van der Waals surface area contributed by atoms with E-state index < -0.39 is 0 Å². The van der Waals surface area contributed by atoms with Crippen LogP contribution in [0.5, 0.6) is 0 Å². The van der Waals surface area contributed by atoms with Gasteiger partial charge in [0, 0.05) is 99.6 Å². The number of aromatic nitrogens is 4. The lowest BCUT2D eigenvalue weighted by Gasteiger charge is -2.33. The fourth-order valence-electron chi connectivity index (χ4n) is 9.92. The maximum Gasteiger partial charge on any atom is 0.134 e. The minimum absolute atomic E-state index is 0.300. The van der Waals surface area contributed by atoms with Crippen molar-refractivity contribution in [3.63, 3.8) is 0 Å². The van der Waals surface area contributed by atoms with Gasteiger partial charge in [-0.2, -0.15) is 0 Å². The summed E-state index contributed by atoms with van der Waals surface area (Å²) in [6.07, 6.45) is 6.95. The van der Waals surface area contributed by atoms with E-state index >= 15 is 4.39 Å². The number of rotatable bonds is 8. The van der Waals surface area contributed by atoms with Crippen molar-refractivity contribution in [2.75, 3.05) is 136 Å². The molecular formula is C58H61ClF2N10O4. The normalized spacial score (nSPS) is 16.0. The Balaban J connectivity index is 0.000000142. The number of nitrogens with two attached hydrogens (primary N) is 1. The van der Waals surface area contributed by atoms with Crippen LogP contribution in [0.25, 0.3) is 44.3 Å². The quantitative estimate of drug-likeness (QED) is 0.140. The Bertz CT molecular complexity index is 3230. The van der Waals surface area contributed by atoms with E-state index in [2.05, 4.69) is 76.3 Å². The van der Waals surface area contributed by atoms with Crippen LogP contribution in [0.4, 0.5) is 48.6 Å². The molecule has 75 heavy (non-hydrogen) atoms. The third kappa shape index (κ3) is 11.7. The predicted molar refractivity (Wildman–Crippen MR) is 297 cm³/mol. The summed E-state index contributed by atoms with van der Waals surface area (Å²) in [5, 5.41) is 4.93. The molecule has 3 N–H and O–H groups in total. The zero-order valence-electron chi connectivity index (χ0n) is 42.3. The number of ether oxygens (including phenoxy) is 4. The first-order valence-electron chi connectivity index (χ1n) is 25.5. The number of benzene rings is 4. The van der Waals surface area contributed by atoms with Gasteiger partial charge in [0.25, 0.3) is 0 Å². The van der Waals surface area contributed by atoms with E-state index in [0.717, 1.165) is 147 Å². The Kier molecular flexibility index (Phi) is 16.4. The minimum Gasteiger partial charge on any atom is -0.397 e. The summed E-state index contributed by atoms with van der Waals surface area (Å²) in [5.74, 6) is -0.651. The largest absolute Gasteiger partial charge is 0.397 e. The molecule has 0 amide bonds. The number of morpholine rings is 4. The van der Waals surface area contributed by atoms with E-state index in [9.17, 15) is 4.39 Å². The number of anilines is 7. The van der Waals surface area contributed by atoms with E-state index in [0.29, 0.717) is 53.3 Å². The third-order valence-corrected chi connectivity index (χ3v) is 14.4. The van der Waals surface area contributed by atoms with E-state index in [4.69, 9.17) is 41.3 Å². The molecule has 388 valence electrons. The lowest BCUT2D eigenvalue weighted by Crippen LogP contribution is -2.37. The van der Waals surface area contributed by atoms with Crippen LogP contribution in [0.3, 0.4) is 0 Å². The third-order valence-electron chi connectivity index (χ3n) is 13.9. The number of nitrogens with zero attached hydrogens (tertiary/aromatic N) is 8. The highest BCUT2D eigenvalue weighted by atomic mass is 35.5. The second-order valence-corrected chi connectivity index (χ2v) is 19.0. The second kappa shape index (κ2) is 24.0. The van der Waals surface area contributed by atoms with Crippen LogP contribution >= 0.6 is 11.6 Å². The summed E-state index contributed by atoms with van der Waals surface area (Å²) in [4.78, 5) is 27.0. The molecule has 0 atom stereocenters. The zero-order valence-corrected chi connectivity index (χ0v) is 43.0. The molecule has 4 aliphatic heterocycles. The number of pyridine rings is 4. The van der Waals surface area contributed by atoms with Gasteiger partial charge in [-0.25, -0.2) is 18.7 Å². The van der Waals surface area contributed by atoms with Crippen molar-refractivity contribution in [2.45, 2.75) is 13.8 Å².